The van der Waals surface area contributed by atoms with Crippen molar-refractivity contribution in [1.29, 1.82) is 0 Å². The molecule has 2 rings (SSSR count). The Hall–Kier alpha value is -2.17. The van der Waals surface area contributed by atoms with Crippen LogP contribution in [0, 0.1) is 5.92 Å². The lowest BCUT2D eigenvalue weighted by Gasteiger charge is -2.21. The van der Waals surface area contributed by atoms with E-state index in [0.717, 1.165) is 5.56 Å². The maximum Gasteiger partial charge on any atom is 0.306 e. The van der Waals surface area contributed by atoms with Crippen LogP contribution in [0.5, 0.6) is 0 Å². The van der Waals surface area contributed by atoms with Crippen LogP contribution in [0.15, 0.2) is 43.0 Å². The van der Waals surface area contributed by atoms with Gasteiger partial charge >= 0.3 is 5.97 Å². The van der Waals surface area contributed by atoms with Crippen molar-refractivity contribution in [2.75, 3.05) is 0 Å². The summed E-state index contributed by atoms with van der Waals surface area (Å²) >= 11 is 0. The van der Waals surface area contributed by atoms with Gasteiger partial charge in [-0.2, -0.15) is 5.10 Å². The van der Waals surface area contributed by atoms with E-state index in [1.165, 1.54) is 6.33 Å². The van der Waals surface area contributed by atoms with E-state index in [1.807, 2.05) is 30.3 Å². The molecule has 94 valence electrons. The number of hydrogen-bond acceptors (Lipinski definition) is 3. The van der Waals surface area contributed by atoms with Gasteiger partial charge in [-0.1, -0.05) is 37.3 Å². The van der Waals surface area contributed by atoms with E-state index in [2.05, 4.69) is 10.1 Å². The molecule has 1 heterocycles. The van der Waals surface area contributed by atoms with Crippen LogP contribution in [-0.4, -0.2) is 25.8 Å². The molecule has 5 heteroatoms. The lowest BCUT2D eigenvalue weighted by molar-refractivity contribution is -0.142. The van der Waals surface area contributed by atoms with Crippen molar-refractivity contribution in [1.82, 2.24) is 14.8 Å². The van der Waals surface area contributed by atoms with Gasteiger partial charge in [0.1, 0.15) is 12.7 Å². The molecule has 0 aliphatic rings. The van der Waals surface area contributed by atoms with Gasteiger partial charge in [0.15, 0.2) is 0 Å². The molecule has 0 spiro atoms. The SMILES string of the molecule is CC(C(=O)O)C(Cn1cncn1)c1ccccc1. The first-order valence-electron chi connectivity index (χ1n) is 5.78. The van der Waals surface area contributed by atoms with Gasteiger partial charge < -0.3 is 5.11 Å². The molecule has 1 aromatic carbocycles. The Morgan fingerprint density at radius 3 is 2.67 bits per heavy atom. The van der Waals surface area contributed by atoms with E-state index >= 15 is 0 Å². The second-order valence-electron chi connectivity index (χ2n) is 4.26. The Balaban J connectivity index is 2.26. The Bertz CT molecular complexity index is 496. The topological polar surface area (TPSA) is 68.0 Å². The molecular weight excluding hydrogens is 230 g/mol. The van der Waals surface area contributed by atoms with Crippen molar-refractivity contribution in [2.24, 2.45) is 5.92 Å². The summed E-state index contributed by atoms with van der Waals surface area (Å²) in [6.45, 7) is 2.23. The van der Waals surface area contributed by atoms with Crippen molar-refractivity contribution in [2.45, 2.75) is 19.4 Å². The fourth-order valence-corrected chi connectivity index (χ4v) is 1.95. The van der Waals surface area contributed by atoms with Crippen LogP contribution in [0.3, 0.4) is 0 Å². The summed E-state index contributed by atoms with van der Waals surface area (Å²) in [5, 5.41) is 13.2. The van der Waals surface area contributed by atoms with Gasteiger partial charge in [-0.05, 0) is 5.56 Å². The maximum absolute atomic E-state index is 11.2. The molecular formula is C13H15N3O2. The first-order valence-corrected chi connectivity index (χ1v) is 5.78. The zero-order valence-corrected chi connectivity index (χ0v) is 10.1. The zero-order valence-electron chi connectivity index (χ0n) is 10.1. The number of hydrogen-bond donors (Lipinski definition) is 1. The molecule has 0 radical (unpaired) electrons. The molecule has 0 fully saturated rings. The highest BCUT2D eigenvalue weighted by atomic mass is 16.4. The summed E-state index contributed by atoms with van der Waals surface area (Å²) < 4.78 is 1.66. The van der Waals surface area contributed by atoms with E-state index in [-0.39, 0.29) is 5.92 Å². The van der Waals surface area contributed by atoms with Gasteiger partial charge in [0.25, 0.3) is 0 Å². The number of nitrogens with zero attached hydrogens (tertiary/aromatic N) is 3. The molecule has 2 atom stereocenters. The minimum absolute atomic E-state index is 0.120. The van der Waals surface area contributed by atoms with Gasteiger partial charge in [-0.15, -0.1) is 0 Å². The van der Waals surface area contributed by atoms with E-state index in [0.29, 0.717) is 6.54 Å². The van der Waals surface area contributed by atoms with E-state index in [1.54, 1.807) is 17.9 Å². The summed E-state index contributed by atoms with van der Waals surface area (Å²) in [5.41, 5.74) is 1.00. The maximum atomic E-state index is 11.2. The molecule has 0 amide bonds. The highest BCUT2D eigenvalue weighted by Crippen LogP contribution is 2.26. The van der Waals surface area contributed by atoms with E-state index in [4.69, 9.17) is 0 Å². The molecule has 2 aromatic rings. The van der Waals surface area contributed by atoms with Crippen LogP contribution >= 0.6 is 0 Å². The molecule has 0 aliphatic carbocycles. The molecule has 0 saturated heterocycles. The Morgan fingerprint density at radius 2 is 2.11 bits per heavy atom. The van der Waals surface area contributed by atoms with Crippen molar-refractivity contribution in [3.05, 3.63) is 48.5 Å². The largest absolute Gasteiger partial charge is 0.481 e. The lowest BCUT2D eigenvalue weighted by atomic mass is 9.87. The predicted octanol–water partition coefficient (Wildman–Crippen LogP) is 1.78. The Morgan fingerprint density at radius 1 is 1.39 bits per heavy atom. The summed E-state index contributed by atoms with van der Waals surface area (Å²) in [6, 6.07) is 9.64. The van der Waals surface area contributed by atoms with Gasteiger partial charge in [0.2, 0.25) is 0 Å². The average molecular weight is 245 g/mol. The highest BCUT2D eigenvalue weighted by Gasteiger charge is 2.25. The van der Waals surface area contributed by atoms with Crippen LogP contribution in [0.1, 0.15) is 18.4 Å². The van der Waals surface area contributed by atoms with E-state index in [9.17, 15) is 9.90 Å². The Kier molecular flexibility index (Phi) is 3.72. The van der Waals surface area contributed by atoms with Crippen LogP contribution < -0.4 is 0 Å². The third-order valence-electron chi connectivity index (χ3n) is 3.07. The number of aliphatic carboxylic acids is 1. The molecule has 1 aromatic heterocycles. The lowest BCUT2D eigenvalue weighted by Crippen LogP contribution is -2.23. The monoisotopic (exact) mass is 245 g/mol. The normalized spacial score (nSPS) is 14.1. The van der Waals surface area contributed by atoms with Gasteiger partial charge in [0.05, 0.1) is 12.5 Å². The van der Waals surface area contributed by atoms with Crippen LogP contribution in [-0.2, 0) is 11.3 Å². The number of rotatable bonds is 5. The standard InChI is InChI=1S/C13H15N3O2/c1-10(13(17)18)12(7-16-9-14-8-15-16)11-5-3-2-4-6-11/h2-6,8-10,12H,7H2,1H3,(H,17,18). The first kappa shape index (κ1) is 12.3. The second kappa shape index (κ2) is 5.44. The highest BCUT2D eigenvalue weighted by molar-refractivity contribution is 5.70. The van der Waals surface area contributed by atoms with Crippen LogP contribution in [0.25, 0.3) is 0 Å². The number of carboxylic acid groups (broad SMARTS) is 1. The molecule has 5 nitrogen and oxygen atoms in total. The second-order valence-corrected chi connectivity index (χ2v) is 4.26. The molecule has 0 saturated carbocycles. The predicted molar refractivity (Wildman–Crippen MR) is 66.0 cm³/mol. The molecule has 2 unspecified atom stereocenters. The number of carbonyl (C=O) groups is 1. The van der Waals surface area contributed by atoms with Crippen molar-refractivity contribution < 1.29 is 9.90 Å². The third kappa shape index (κ3) is 2.74. The molecule has 0 aliphatic heterocycles. The van der Waals surface area contributed by atoms with Crippen molar-refractivity contribution in [3.63, 3.8) is 0 Å². The number of aromatic nitrogens is 3. The fourth-order valence-electron chi connectivity index (χ4n) is 1.95. The van der Waals surface area contributed by atoms with E-state index < -0.39 is 11.9 Å². The smallest absolute Gasteiger partial charge is 0.306 e. The summed E-state index contributed by atoms with van der Waals surface area (Å²) in [7, 11) is 0. The van der Waals surface area contributed by atoms with Crippen LogP contribution in [0.2, 0.25) is 0 Å². The quantitative estimate of drug-likeness (QED) is 0.871. The van der Waals surface area contributed by atoms with Crippen molar-refractivity contribution in [3.8, 4) is 0 Å². The van der Waals surface area contributed by atoms with Gasteiger partial charge in [-0.3, -0.25) is 9.48 Å². The molecule has 18 heavy (non-hydrogen) atoms. The van der Waals surface area contributed by atoms with Gasteiger partial charge in [0, 0.05) is 5.92 Å². The number of carboxylic acids is 1. The molecule has 0 bridgehead atoms. The zero-order chi connectivity index (χ0) is 13.0. The van der Waals surface area contributed by atoms with Gasteiger partial charge in [-0.25, -0.2) is 4.98 Å². The van der Waals surface area contributed by atoms with Crippen LogP contribution in [0.4, 0.5) is 0 Å². The number of benzene rings is 1. The average Bonchev–Trinajstić information content (AvgIpc) is 2.89. The molecule has 1 N–H and O–H groups in total. The minimum Gasteiger partial charge on any atom is -0.481 e. The summed E-state index contributed by atoms with van der Waals surface area (Å²) in [6.07, 6.45) is 3.05. The summed E-state index contributed by atoms with van der Waals surface area (Å²) in [4.78, 5) is 15.1. The minimum atomic E-state index is -0.802. The van der Waals surface area contributed by atoms with Crippen molar-refractivity contribution >= 4 is 5.97 Å². The first-order chi connectivity index (χ1) is 8.68. The fraction of sp³-hybridized carbons (Fsp3) is 0.308. The third-order valence-corrected chi connectivity index (χ3v) is 3.07. The summed E-state index contributed by atoms with van der Waals surface area (Å²) in [5.74, 6) is -1.40. The Labute approximate surface area is 105 Å².